The van der Waals surface area contributed by atoms with Crippen LogP contribution in [0.5, 0.6) is 0 Å². The summed E-state index contributed by atoms with van der Waals surface area (Å²) in [6, 6.07) is 9.74. The van der Waals surface area contributed by atoms with Gasteiger partial charge in [0.25, 0.3) is 0 Å². The minimum absolute atomic E-state index is 0.463. The molecule has 2 atom stereocenters. The van der Waals surface area contributed by atoms with Crippen LogP contribution >= 0.6 is 0 Å². The predicted octanol–water partition coefficient (Wildman–Crippen LogP) is 4.90. The molecule has 1 N–H and O–H groups in total. The van der Waals surface area contributed by atoms with Gasteiger partial charge in [-0.15, -0.1) is 0 Å². The van der Waals surface area contributed by atoms with Crippen molar-refractivity contribution in [2.75, 3.05) is 7.05 Å². The molecular formula is C18H29N. The molecule has 0 bridgehead atoms. The molecule has 0 aliphatic heterocycles. The smallest absolute Gasteiger partial charge is 0.0351 e. The number of hydrogen-bond acceptors (Lipinski definition) is 1. The normalized spacial score (nSPS) is 23.8. The summed E-state index contributed by atoms with van der Waals surface area (Å²) in [4.78, 5) is 0. The lowest BCUT2D eigenvalue weighted by Gasteiger charge is -2.34. The van der Waals surface area contributed by atoms with Crippen LogP contribution in [-0.2, 0) is 0 Å². The van der Waals surface area contributed by atoms with Gasteiger partial charge in [-0.05, 0) is 48.3 Å². The molecule has 0 spiro atoms. The van der Waals surface area contributed by atoms with Crippen LogP contribution in [0.4, 0.5) is 0 Å². The highest BCUT2D eigenvalue weighted by molar-refractivity contribution is 5.27. The first kappa shape index (κ1) is 14.6. The molecule has 1 aliphatic carbocycles. The van der Waals surface area contributed by atoms with E-state index >= 15 is 0 Å². The molecule has 106 valence electrons. The Balaban J connectivity index is 2.22. The third-order valence-corrected chi connectivity index (χ3v) is 5.02. The van der Waals surface area contributed by atoms with Gasteiger partial charge in [0, 0.05) is 6.04 Å². The van der Waals surface area contributed by atoms with Crippen LogP contribution in [0.25, 0.3) is 0 Å². The van der Waals surface area contributed by atoms with Crippen molar-refractivity contribution < 1.29 is 0 Å². The van der Waals surface area contributed by atoms with Crippen molar-refractivity contribution in [1.29, 1.82) is 0 Å². The summed E-state index contributed by atoms with van der Waals surface area (Å²) in [6.45, 7) is 9.37. The lowest BCUT2D eigenvalue weighted by Crippen LogP contribution is -2.32. The third kappa shape index (κ3) is 3.02. The lowest BCUT2D eigenvalue weighted by molar-refractivity contribution is 0.203. The van der Waals surface area contributed by atoms with Gasteiger partial charge in [0.05, 0.1) is 0 Å². The van der Waals surface area contributed by atoms with Gasteiger partial charge in [-0.3, -0.25) is 0 Å². The van der Waals surface area contributed by atoms with Gasteiger partial charge >= 0.3 is 0 Å². The van der Waals surface area contributed by atoms with E-state index in [-0.39, 0.29) is 0 Å². The summed E-state index contributed by atoms with van der Waals surface area (Å²) < 4.78 is 0. The summed E-state index contributed by atoms with van der Waals surface area (Å²) in [5.74, 6) is 1.37. The Morgan fingerprint density at radius 1 is 1.11 bits per heavy atom. The fourth-order valence-corrected chi connectivity index (χ4v) is 3.66. The second-order valence-electron chi connectivity index (χ2n) is 7.08. The molecule has 1 aliphatic rings. The quantitative estimate of drug-likeness (QED) is 0.811. The Hall–Kier alpha value is -0.820. The summed E-state index contributed by atoms with van der Waals surface area (Å²) in [7, 11) is 2.11. The Bertz CT molecular complexity index is 402. The van der Waals surface area contributed by atoms with Gasteiger partial charge in [0.2, 0.25) is 0 Å². The van der Waals surface area contributed by atoms with Gasteiger partial charge in [-0.25, -0.2) is 0 Å². The van der Waals surface area contributed by atoms with Crippen molar-refractivity contribution in [3.05, 3.63) is 35.4 Å². The van der Waals surface area contributed by atoms with Crippen molar-refractivity contribution in [2.24, 2.45) is 11.3 Å². The van der Waals surface area contributed by atoms with E-state index in [0.717, 1.165) is 5.92 Å². The fourth-order valence-electron chi connectivity index (χ4n) is 3.66. The van der Waals surface area contributed by atoms with E-state index in [1.165, 1.54) is 30.4 Å². The predicted molar refractivity (Wildman–Crippen MR) is 83.5 cm³/mol. The third-order valence-electron chi connectivity index (χ3n) is 5.02. The first-order chi connectivity index (χ1) is 8.95. The van der Waals surface area contributed by atoms with Crippen LogP contribution in [0.15, 0.2) is 24.3 Å². The number of nitrogens with one attached hydrogen (secondary N) is 1. The number of benzene rings is 1. The monoisotopic (exact) mass is 259 g/mol. The zero-order valence-electron chi connectivity index (χ0n) is 13.2. The number of rotatable bonds is 4. The minimum atomic E-state index is 0.463. The molecule has 1 aromatic rings. The highest BCUT2D eigenvalue weighted by Crippen LogP contribution is 2.48. The average molecular weight is 259 g/mol. The maximum absolute atomic E-state index is 3.56. The molecule has 0 aromatic heterocycles. The second-order valence-corrected chi connectivity index (χ2v) is 7.08. The number of hydrogen-bond donors (Lipinski definition) is 1. The van der Waals surface area contributed by atoms with Gasteiger partial charge < -0.3 is 5.32 Å². The zero-order valence-corrected chi connectivity index (χ0v) is 13.2. The molecule has 0 amide bonds. The second kappa shape index (κ2) is 5.66. The molecule has 1 heteroatoms. The summed E-state index contributed by atoms with van der Waals surface area (Å²) in [6.07, 6.45) is 4.09. The molecule has 0 saturated heterocycles. The standard InChI is InChI=1S/C18H29N/c1-13(2)14-8-10-15(11-9-14)17(19-5)16-7-6-12-18(16,3)4/h8-11,13,16-17,19H,6-7,12H2,1-5H3. The molecule has 1 saturated carbocycles. The summed E-state index contributed by atoms with van der Waals surface area (Å²) in [5, 5.41) is 3.56. The van der Waals surface area contributed by atoms with Crippen molar-refractivity contribution in [3.63, 3.8) is 0 Å². The maximum Gasteiger partial charge on any atom is 0.0351 e. The van der Waals surface area contributed by atoms with Crippen LogP contribution < -0.4 is 5.32 Å². The molecule has 1 aromatic carbocycles. The molecular weight excluding hydrogens is 230 g/mol. The first-order valence-corrected chi connectivity index (χ1v) is 7.73. The molecule has 1 nitrogen and oxygen atoms in total. The minimum Gasteiger partial charge on any atom is -0.313 e. The fraction of sp³-hybridized carbons (Fsp3) is 0.667. The van der Waals surface area contributed by atoms with E-state index in [9.17, 15) is 0 Å². The van der Waals surface area contributed by atoms with E-state index in [1.54, 1.807) is 0 Å². The Morgan fingerprint density at radius 2 is 1.68 bits per heavy atom. The Labute approximate surface area is 118 Å². The summed E-state index contributed by atoms with van der Waals surface area (Å²) >= 11 is 0. The van der Waals surface area contributed by atoms with Crippen LogP contribution in [0.2, 0.25) is 0 Å². The van der Waals surface area contributed by atoms with E-state index in [2.05, 4.69) is 64.3 Å². The molecule has 2 rings (SSSR count). The van der Waals surface area contributed by atoms with E-state index in [4.69, 9.17) is 0 Å². The summed E-state index contributed by atoms with van der Waals surface area (Å²) in [5.41, 5.74) is 3.35. The lowest BCUT2D eigenvalue weighted by atomic mass is 9.75. The largest absolute Gasteiger partial charge is 0.313 e. The molecule has 0 radical (unpaired) electrons. The van der Waals surface area contributed by atoms with E-state index < -0.39 is 0 Å². The molecule has 0 heterocycles. The van der Waals surface area contributed by atoms with E-state index in [1.807, 2.05) is 0 Å². The van der Waals surface area contributed by atoms with Crippen LogP contribution in [-0.4, -0.2) is 7.05 Å². The Morgan fingerprint density at radius 3 is 2.11 bits per heavy atom. The topological polar surface area (TPSA) is 12.0 Å². The van der Waals surface area contributed by atoms with Gasteiger partial charge in [0.15, 0.2) is 0 Å². The van der Waals surface area contributed by atoms with Crippen molar-refractivity contribution in [2.45, 2.75) is 58.9 Å². The maximum atomic E-state index is 3.56. The molecule has 2 unspecified atom stereocenters. The highest BCUT2D eigenvalue weighted by Gasteiger charge is 2.39. The first-order valence-electron chi connectivity index (χ1n) is 7.73. The molecule has 19 heavy (non-hydrogen) atoms. The van der Waals surface area contributed by atoms with Crippen LogP contribution in [0.3, 0.4) is 0 Å². The van der Waals surface area contributed by atoms with Gasteiger partial charge in [-0.2, -0.15) is 0 Å². The van der Waals surface area contributed by atoms with Crippen LogP contribution in [0.1, 0.15) is 70.0 Å². The van der Waals surface area contributed by atoms with Crippen molar-refractivity contribution in [3.8, 4) is 0 Å². The zero-order chi connectivity index (χ0) is 14.0. The average Bonchev–Trinajstić information content (AvgIpc) is 2.71. The van der Waals surface area contributed by atoms with Crippen LogP contribution in [0, 0.1) is 11.3 Å². The van der Waals surface area contributed by atoms with Crippen molar-refractivity contribution >= 4 is 0 Å². The highest BCUT2D eigenvalue weighted by atomic mass is 14.9. The Kier molecular flexibility index (Phi) is 4.35. The van der Waals surface area contributed by atoms with Gasteiger partial charge in [-0.1, -0.05) is 58.4 Å². The van der Waals surface area contributed by atoms with Crippen molar-refractivity contribution in [1.82, 2.24) is 5.32 Å². The SMILES string of the molecule is CNC(c1ccc(C(C)C)cc1)C1CCCC1(C)C. The molecule has 1 fully saturated rings. The van der Waals surface area contributed by atoms with Gasteiger partial charge in [0.1, 0.15) is 0 Å². The van der Waals surface area contributed by atoms with E-state index in [0.29, 0.717) is 17.4 Å².